The minimum atomic E-state index is -3.55. The number of likely N-dealkylation sites (tertiary alicyclic amines) is 1. The fourth-order valence-electron chi connectivity index (χ4n) is 3.58. The van der Waals surface area contributed by atoms with Gasteiger partial charge in [0.15, 0.2) is 0 Å². The molecule has 4 rings (SSSR count). The molecule has 8 heteroatoms. The van der Waals surface area contributed by atoms with Crippen molar-refractivity contribution in [2.24, 2.45) is 0 Å². The fraction of sp³-hybridized carbons (Fsp3) is 0.208. The molecule has 0 spiro atoms. The number of hydrogen-bond donors (Lipinski definition) is 1. The Bertz CT molecular complexity index is 1200. The molecule has 0 radical (unpaired) electrons. The molecule has 0 aliphatic carbocycles. The Balaban J connectivity index is 1.30. The van der Waals surface area contributed by atoms with E-state index in [4.69, 9.17) is 0 Å². The average Bonchev–Trinajstić information content (AvgIpc) is 3.28. The van der Waals surface area contributed by atoms with Crippen molar-refractivity contribution >= 4 is 33.3 Å². The highest BCUT2D eigenvalue weighted by atomic mass is 32.2. The zero-order valence-electron chi connectivity index (χ0n) is 17.3. The average molecular weight is 471 g/mol. The summed E-state index contributed by atoms with van der Waals surface area (Å²) < 4.78 is 40.8. The summed E-state index contributed by atoms with van der Waals surface area (Å²) in [6.45, 7) is 0.993. The lowest BCUT2D eigenvalue weighted by atomic mass is 10.1. The van der Waals surface area contributed by atoms with Crippen LogP contribution in [0.5, 0.6) is 0 Å². The molecule has 0 bridgehead atoms. The van der Waals surface area contributed by atoms with Crippen molar-refractivity contribution in [3.05, 3.63) is 83.5 Å². The van der Waals surface area contributed by atoms with Gasteiger partial charge in [-0.2, -0.15) is 0 Å². The first-order valence-electron chi connectivity index (χ1n) is 10.3. The highest BCUT2D eigenvalue weighted by Crippen LogP contribution is 2.29. The molecule has 166 valence electrons. The summed E-state index contributed by atoms with van der Waals surface area (Å²) >= 11 is 1.53. The number of carbonyl (C=O) groups excluding carboxylic acids is 1. The van der Waals surface area contributed by atoms with Gasteiger partial charge in [-0.15, -0.1) is 11.3 Å². The van der Waals surface area contributed by atoms with Crippen LogP contribution in [-0.4, -0.2) is 38.4 Å². The molecule has 1 amide bonds. The number of hydrogen-bond acceptors (Lipinski definition) is 4. The van der Waals surface area contributed by atoms with E-state index < -0.39 is 10.0 Å². The Morgan fingerprint density at radius 3 is 2.38 bits per heavy atom. The maximum Gasteiger partial charge on any atom is 0.246 e. The van der Waals surface area contributed by atoms with Crippen LogP contribution in [0.2, 0.25) is 0 Å². The van der Waals surface area contributed by atoms with Crippen molar-refractivity contribution < 1.29 is 17.6 Å². The molecule has 0 unspecified atom stereocenters. The first kappa shape index (κ1) is 22.4. The minimum absolute atomic E-state index is 0.0916. The second kappa shape index (κ2) is 9.77. The number of halogens is 1. The van der Waals surface area contributed by atoms with E-state index in [0.29, 0.717) is 25.9 Å². The highest BCUT2D eigenvalue weighted by molar-refractivity contribution is 7.89. The third-order valence-electron chi connectivity index (χ3n) is 5.33. The first-order chi connectivity index (χ1) is 15.4. The zero-order chi connectivity index (χ0) is 22.6. The summed E-state index contributed by atoms with van der Waals surface area (Å²) in [6, 6.07) is 18.3. The molecular formula is C24H23FN2O3S2. The van der Waals surface area contributed by atoms with Gasteiger partial charge >= 0.3 is 0 Å². The summed E-state index contributed by atoms with van der Waals surface area (Å²) in [6.07, 6.45) is 4.47. The predicted octanol–water partition coefficient (Wildman–Crippen LogP) is 4.54. The molecule has 1 N–H and O–H groups in total. The number of rotatable bonds is 6. The van der Waals surface area contributed by atoms with Crippen molar-refractivity contribution in [3.63, 3.8) is 0 Å². The van der Waals surface area contributed by atoms with Gasteiger partial charge in [0.05, 0.1) is 4.90 Å². The summed E-state index contributed by atoms with van der Waals surface area (Å²) in [5.41, 5.74) is 0.933. The SMILES string of the molecule is O=C(/C=C/c1ccc(-c2ccc(F)cc2)s1)N1CCC(NS(=O)(=O)c2ccccc2)CC1. The Morgan fingerprint density at radius 2 is 1.69 bits per heavy atom. The van der Waals surface area contributed by atoms with Gasteiger partial charge in [0.2, 0.25) is 15.9 Å². The van der Waals surface area contributed by atoms with Gasteiger partial charge in [-0.25, -0.2) is 17.5 Å². The Labute approximate surface area is 191 Å². The van der Waals surface area contributed by atoms with Crippen molar-refractivity contribution in [2.75, 3.05) is 13.1 Å². The van der Waals surface area contributed by atoms with E-state index in [9.17, 15) is 17.6 Å². The third-order valence-corrected chi connectivity index (χ3v) is 7.96. The maximum absolute atomic E-state index is 13.1. The molecule has 1 aliphatic rings. The van der Waals surface area contributed by atoms with Crippen LogP contribution in [0.15, 0.2) is 77.7 Å². The molecule has 0 saturated carbocycles. The molecule has 0 atom stereocenters. The lowest BCUT2D eigenvalue weighted by molar-refractivity contribution is -0.126. The quantitative estimate of drug-likeness (QED) is 0.538. The second-order valence-corrected chi connectivity index (χ2v) is 10.4. The number of nitrogens with one attached hydrogen (secondary N) is 1. The molecule has 3 aromatic rings. The number of carbonyl (C=O) groups is 1. The molecule has 32 heavy (non-hydrogen) atoms. The van der Waals surface area contributed by atoms with Gasteiger partial charge in [-0.1, -0.05) is 30.3 Å². The first-order valence-corrected chi connectivity index (χ1v) is 12.6. The van der Waals surface area contributed by atoms with Gasteiger partial charge in [-0.3, -0.25) is 4.79 Å². The number of thiophene rings is 1. The highest BCUT2D eigenvalue weighted by Gasteiger charge is 2.25. The number of benzene rings is 2. The van der Waals surface area contributed by atoms with Gasteiger partial charge in [-0.05, 0) is 60.9 Å². The van der Waals surface area contributed by atoms with E-state index in [1.54, 1.807) is 59.5 Å². The Kier molecular flexibility index (Phi) is 6.83. The van der Waals surface area contributed by atoms with Crippen LogP contribution < -0.4 is 4.72 Å². The topological polar surface area (TPSA) is 66.5 Å². The molecule has 2 heterocycles. The van der Waals surface area contributed by atoms with Crippen LogP contribution >= 0.6 is 11.3 Å². The summed E-state index contributed by atoms with van der Waals surface area (Å²) in [5, 5.41) is 0. The number of piperidine rings is 1. The van der Waals surface area contributed by atoms with E-state index >= 15 is 0 Å². The van der Waals surface area contributed by atoms with Gasteiger partial charge in [0.25, 0.3) is 0 Å². The van der Waals surface area contributed by atoms with E-state index in [0.717, 1.165) is 15.3 Å². The Hall–Kier alpha value is -2.81. The van der Waals surface area contributed by atoms with Crippen molar-refractivity contribution in [3.8, 4) is 10.4 Å². The monoisotopic (exact) mass is 470 g/mol. The minimum Gasteiger partial charge on any atom is -0.339 e. The summed E-state index contributed by atoms with van der Waals surface area (Å²) in [4.78, 5) is 16.5. The summed E-state index contributed by atoms with van der Waals surface area (Å²) in [7, 11) is -3.55. The molecule has 5 nitrogen and oxygen atoms in total. The number of amides is 1. The number of nitrogens with zero attached hydrogens (tertiary/aromatic N) is 1. The second-order valence-electron chi connectivity index (χ2n) is 7.58. The standard InChI is InChI=1S/C24H23FN2O3S2/c25-19-8-6-18(7-9-19)23-12-10-21(31-23)11-13-24(28)27-16-14-20(15-17-27)26-32(29,30)22-4-2-1-3-5-22/h1-13,20,26H,14-17H2/b13-11+. The molecular weight excluding hydrogens is 447 g/mol. The van der Waals surface area contributed by atoms with Crippen molar-refractivity contribution in [2.45, 2.75) is 23.8 Å². The van der Waals surface area contributed by atoms with E-state index in [1.807, 2.05) is 12.1 Å². The van der Waals surface area contributed by atoms with Crippen LogP contribution in [0.1, 0.15) is 17.7 Å². The van der Waals surface area contributed by atoms with Gasteiger partial charge in [0, 0.05) is 35.0 Å². The number of sulfonamides is 1. The van der Waals surface area contributed by atoms with Crippen LogP contribution in [-0.2, 0) is 14.8 Å². The maximum atomic E-state index is 13.1. The van der Waals surface area contributed by atoms with Crippen LogP contribution in [0.4, 0.5) is 4.39 Å². The Morgan fingerprint density at radius 1 is 1.00 bits per heavy atom. The fourth-order valence-corrected chi connectivity index (χ4v) is 5.82. The normalized spacial score (nSPS) is 15.3. The van der Waals surface area contributed by atoms with Gasteiger partial charge in [0.1, 0.15) is 5.82 Å². The lowest BCUT2D eigenvalue weighted by Crippen LogP contribution is -2.46. The molecule has 1 fully saturated rings. The van der Waals surface area contributed by atoms with Crippen molar-refractivity contribution in [1.29, 1.82) is 0 Å². The van der Waals surface area contributed by atoms with Crippen LogP contribution in [0.3, 0.4) is 0 Å². The van der Waals surface area contributed by atoms with E-state index in [1.165, 1.54) is 23.5 Å². The zero-order valence-corrected chi connectivity index (χ0v) is 18.9. The van der Waals surface area contributed by atoms with Crippen molar-refractivity contribution in [1.82, 2.24) is 9.62 Å². The van der Waals surface area contributed by atoms with Crippen LogP contribution in [0, 0.1) is 5.82 Å². The smallest absolute Gasteiger partial charge is 0.246 e. The molecule has 1 saturated heterocycles. The largest absolute Gasteiger partial charge is 0.339 e. The predicted molar refractivity (Wildman–Crippen MR) is 125 cm³/mol. The third kappa shape index (κ3) is 5.51. The van der Waals surface area contributed by atoms with Gasteiger partial charge < -0.3 is 4.90 Å². The van der Waals surface area contributed by atoms with Crippen LogP contribution in [0.25, 0.3) is 16.5 Å². The lowest BCUT2D eigenvalue weighted by Gasteiger charge is -2.31. The molecule has 1 aliphatic heterocycles. The molecule has 2 aromatic carbocycles. The van der Waals surface area contributed by atoms with E-state index in [-0.39, 0.29) is 22.7 Å². The van der Waals surface area contributed by atoms with E-state index in [2.05, 4.69) is 4.72 Å². The summed E-state index contributed by atoms with van der Waals surface area (Å²) in [5.74, 6) is -0.362. The molecule has 1 aromatic heterocycles.